The highest BCUT2D eigenvalue weighted by Gasteiger charge is 2.35. The van der Waals surface area contributed by atoms with Crippen LogP contribution in [0.25, 0.3) is 0 Å². The van der Waals surface area contributed by atoms with Crippen molar-refractivity contribution in [3.63, 3.8) is 0 Å². The van der Waals surface area contributed by atoms with E-state index >= 15 is 0 Å². The molecule has 1 saturated heterocycles. The van der Waals surface area contributed by atoms with Crippen LogP contribution in [-0.2, 0) is 4.79 Å². The van der Waals surface area contributed by atoms with E-state index in [9.17, 15) is 14.0 Å². The fraction of sp³-hybridized carbons (Fsp3) is 0.312. The third-order valence-corrected chi connectivity index (χ3v) is 3.80. The van der Waals surface area contributed by atoms with Crippen LogP contribution in [0.5, 0.6) is 0 Å². The van der Waals surface area contributed by atoms with E-state index < -0.39 is 17.8 Å². The van der Waals surface area contributed by atoms with Crippen molar-refractivity contribution in [2.45, 2.75) is 25.8 Å². The Balaban J connectivity index is 1.76. The van der Waals surface area contributed by atoms with Gasteiger partial charge in [0.05, 0.1) is 5.56 Å². The molecule has 1 aliphatic rings. The lowest BCUT2D eigenvalue weighted by atomic mass is 10.1. The summed E-state index contributed by atoms with van der Waals surface area (Å²) in [6.45, 7) is 2.13. The zero-order valence-corrected chi connectivity index (χ0v) is 12.6. The summed E-state index contributed by atoms with van der Waals surface area (Å²) >= 11 is 0. The summed E-state index contributed by atoms with van der Waals surface area (Å²) in [5.74, 6) is -0.531. The van der Waals surface area contributed by atoms with Crippen molar-refractivity contribution >= 4 is 17.6 Å². The highest BCUT2D eigenvalue weighted by atomic mass is 19.1. The van der Waals surface area contributed by atoms with E-state index in [2.05, 4.69) is 10.5 Å². The smallest absolute Gasteiger partial charge is 0.257 e. The minimum Gasteiger partial charge on any atom is -0.360 e. The van der Waals surface area contributed by atoms with Crippen molar-refractivity contribution < 1.29 is 18.5 Å². The predicted octanol–water partition coefficient (Wildman–Crippen LogP) is 2.37. The molecule has 2 aromatic rings. The second-order valence-corrected chi connectivity index (χ2v) is 5.45. The van der Waals surface area contributed by atoms with E-state index in [1.54, 1.807) is 19.1 Å². The van der Waals surface area contributed by atoms with E-state index in [0.29, 0.717) is 31.0 Å². The number of likely N-dealkylation sites (tertiary alicyclic amines) is 1. The molecule has 23 heavy (non-hydrogen) atoms. The Hall–Kier alpha value is -2.70. The molecule has 6 nitrogen and oxygen atoms in total. The van der Waals surface area contributed by atoms with Crippen LogP contribution >= 0.6 is 0 Å². The van der Waals surface area contributed by atoms with Gasteiger partial charge in [0, 0.05) is 12.6 Å². The van der Waals surface area contributed by atoms with Crippen LogP contribution in [0.15, 0.2) is 34.9 Å². The summed E-state index contributed by atoms with van der Waals surface area (Å²) in [6.07, 6.45) is 1.22. The van der Waals surface area contributed by atoms with E-state index in [1.807, 2.05) is 0 Å². The molecule has 3 rings (SSSR count). The number of halogens is 1. The van der Waals surface area contributed by atoms with Crippen molar-refractivity contribution in [3.05, 3.63) is 47.5 Å². The number of aromatic nitrogens is 1. The number of amides is 2. The highest BCUT2D eigenvalue weighted by molar-refractivity contribution is 6.01. The number of rotatable bonds is 3. The number of carbonyl (C=O) groups excluding carboxylic acids is 2. The molecule has 0 radical (unpaired) electrons. The Kier molecular flexibility index (Phi) is 4.10. The number of aryl methyl sites for hydroxylation is 1. The third-order valence-electron chi connectivity index (χ3n) is 3.80. The summed E-state index contributed by atoms with van der Waals surface area (Å²) in [4.78, 5) is 26.3. The lowest BCUT2D eigenvalue weighted by Crippen LogP contribution is -2.43. The number of hydrogen-bond acceptors (Lipinski definition) is 4. The molecule has 0 bridgehead atoms. The molecule has 0 spiro atoms. The minimum absolute atomic E-state index is 0.0236. The van der Waals surface area contributed by atoms with Gasteiger partial charge in [-0.25, -0.2) is 4.39 Å². The second-order valence-electron chi connectivity index (χ2n) is 5.45. The normalized spacial score (nSPS) is 17.3. The lowest BCUT2D eigenvalue weighted by Gasteiger charge is -2.23. The number of carbonyl (C=O) groups is 2. The van der Waals surface area contributed by atoms with Crippen molar-refractivity contribution in [2.75, 3.05) is 11.9 Å². The van der Waals surface area contributed by atoms with Gasteiger partial charge in [-0.05, 0) is 31.9 Å². The van der Waals surface area contributed by atoms with Gasteiger partial charge in [-0.3, -0.25) is 9.59 Å². The first kappa shape index (κ1) is 15.2. The van der Waals surface area contributed by atoms with Crippen LogP contribution in [-0.4, -0.2) is 34.5 Å². The average Bonchev–Trinajstić information content (AvgIpc) is 3.16. The van der Waals surface area contributed by atoms with Crippen molar-refractivity contribution in [3.8, 4) is 0 Å². The van der Waals surface area contributed by atoms with Crippen LogP contribution in [0.4, 0.5) is 10.2 Å². The quantitative estimate of drug-likeness (QED) is 0.943. The van der Waals surface area contributed by atoms with E-state index in [0.717, 1.165) is 0 Å². The maximum atomic E-state index is 13.8. The molecule has 1 aromatic heterocycles. The monoisotopic (exact) mass is 317 g/mol. The number of anilines is 1. The van der Waals surface area contributed by atoms with E-state index in [1.165, 1.54) is 23.1 Å². The van der Waals surface area contributed by atoms with Crippen LogP contribution in [0.3, 0.4) is 0 Å². The number of hydrogen-bond donors (Lipinski definition) is 1. The maximum Gasteiger partial charge on any atom is 0.257 e. The molecule has 7 heteroatoms. The first-order chi connectivity index (χ1) is 11.1. The van der Waals surface area contributed by atoms with Crippen LogP contribution in [0.1, 0.15) is 29.0 Å². The predicted molar refractivity (Wildman–Crippen MR) is 80.3 cm³/mol. The van der Waals surface area contributed by atoms with E-state index in [-0.39, 0.29) is 11.5 Å². The zero-order valence-electron chi connectivity index (χ0n) is 12.6. The fourth-order valence-electron chi connectivity index (χ4n) is 2.71. The Morgan fingerprint density at radius 3 is 2.87 bits per heavy atom. The van der Waals surface area contributed by atoms with Gasteiger partial charge in [-0.1, -0.05) is 17.3 Å². The summed E-state index contributed by atoms with van der Waals surface area (Å²) in [7, 11) is 0. The molecule has 120 valence electrons. The van der Waals surface area contributed by atoms with Gasteiger partial charge in [0.15, 0.2) is 5.82 Å². The van der Waals surface area contributed by atoms with Gasteiger partial charge in [0.1, 0.15) is 17.6 Å². The average molecular weight is 317 g/mol. The zero-order chi connectivity index (χ0) is 16.4. The van der Waals surface area contributed by atoms with Crippen LogP contribution in [0.2, 0.25) is 0 Å². The van der Waals surface area contributed by atoms with Gasteiger partial charge < -0.3 is 14.7 Å². The summed E-state index contributed by atoms with van der Waals surface area (Å²) in [5.41, 5.74) is -0.0236. The highest BCUT2D eigenvalue weighted by Crippen LogP contribution is 2.22. The van der Waals surface area contributed by atoms with Gasteiger partial charge in [-0.2, -0.15) is 0 Å². The molecule has 0 saturated carbocycles. The lowest BCUT2D eigenvalue weighted by molar-refractivity contribution is -0.119. The standard InChI is InChI=1S/C16H16FN3O3/c1-10-9-14(19-23-10)18-15(21)13-7-4-8-20(13)16(22)11-5-2-3-6-12(11)17/h2-3,5-6,9,13H,4,7-8H2,1H3,(H,18,19,21)/t13-/m0/s1. The first-order valence-corrected chi connectivity index (χ1v) is 7.36. The van der Waals surface area contributed by atoms with Gasteiger partial charge >= 0.3 is 0 Å². The molecule has 1 atom stereocenters. The summed E-state index contributed by atoms with van der Waals surface area (Å²) in [6, 6.07) is 6.73. The van der Waals surface area contributed by atoms with Crippen molar-refractivity contribution in [1.82, 2.24) is 10.1 Å². The van der Waals surface area contributed by atoms with Gasteiger partial charge in [-0.15, -0.1) is 0 Å². The molecule has 1 N–H and O–H groups in total. The first-order valence-electron chi connectivity index (χ1n) is 7.36. The molecule has 1 fully saturated rings. The Morgan fingerprint density at radius 1 is 1.39 bits per heavy atom. The Bertz CT molecular complexity index is 744. The van der Waals surface area contributed by atoms with Gasteiger partial charge in [0.25, 0.3) is 5.91 Å². The number of nitrogens with zero attached hydrogens (tertiary/aromatic N) is 2. The summed E-state index contributed by atoms with van der Waals surface area (Å²) in [5, 5.41) is 6.32. The SMILES string of the molecule is Cc1cc(NC(=O)[C@@H]2CCCN2C(=O)c2ccccc2F)no1. The van der Waals surface area contributed by atoms with Crippen LogP contribution in [0, 0.1) is 12.7 Å². The van der Waals surface area contributed by atoms with Crippen molar-refractivity contribution in [2.24, 2.45) is 0 Å². The number of nitrogens with one attached hydrogen (secondary N) is 1. The Labute approximate surface area is 132 Å². The maximum absolute atomic E-state index is 13.8. The topological polar surface area (TPSA) is 75.4 Å². The summed E-state index contributed by atoms with van der Waals surface area (Å²) < 4.78 is 18.7. The minimum atomic E-state index is -0.640. The fourth-order valence-corrected chi connectivity index (χ4v) is 2.71. The molecule has 0 aliphatic carbocycles. The van der Waals surface area contributed by atoms with Gasteiger partial charge in [0.2, 0.25) is 5.91 Å². The molecule has 2 amide bonds. The molecular formula is C16H16FN3O3. The molecule has 2 heterocycles. The molecule has 1 aromatic carbocycles. The van der Waals surface area contributed by atoms with E-state index in [4.69, 9.17) is 4.52 Å². The largest absolute Gasteiger partial charge is 0.360 e. The van der Waals surface area contributed by atoms with Crippen LogP contribution < -0.4 is 5.32 Å². The molecular weight excluding hydrogens is 301 g/mol. The Morgan fingerprint density at radius 2 is 2.17 bits per heavy atom. The molecule has 1 aliphatic heterocycles. The third kappa shape index (κ3) is 3.08. The second kappa shape index (κ2) is 6.20. The molecule has 0 unspecified atom stereocenters. The number of benzene rings is 1. The van der Waals surface area contributed by atoms with Crippen molar-refractivity contribution in [1.29, 1.82) is 0 Å².